The standard InChI is InChI=1S/C17H21NO4/c1-10-5-6-18(9-15(10)20)8-12-7-16(21)22-17-11(2)14(19)4-3-13(12)17/h3-4,7,10,15,19-20H,5-6,8-9H2,1-2H3. The number of phenolic OH excluding ortho intramolecular Hbond substituents is 1. The van der Waals surface area contributed by atoms with Gasteiger partial charge in [-0.1, -0.05) is 6.92 Å². The molecule has 0 amide bonds. The van der Waals surface area contributed by atoms with Gasteiger partial charge in [-0.25, -0.2) is 4.79 Å². The topological polar surface area (TPSA) is 73.9 Å². The molecule has 118 valence electrons. The molecule has 0 spiro atoms. The maximum Gasteiger partial charge on any atom is 0.336 e. The summed E-state index contributed by atoms with van der Waals surface area (Å²) in [7, 11) is 0. The SMILES string of the molecule is Cc1c(O)ccc2c(CN3CCC(C)C(O)C3)cc(=O)oc12. The van der Waals surface area contributed by atoms with Crippen LogP contribution in [0, 0.1) is 12.8 Å². The Hall–Kier alpha value is -1.85. The van der Waals surface area contributed by atoms with Crippen LogP contribution in [0.1, 0.15) is 24.5 Å². The number of fused-ring (bicyclic) bond motifs is 1. The van der Waals surface area contributed by atoms with Gasteiger partial charge in [-0.05, 0) is 43.5 Å². The summed E-state index contributed by atoms with van der Waals surface area (Å²) in [4.78, 5) is 14.0. The van der Waals surface area contributed by atoms with E-state index in [1.807, 2.05) is 0 Å². The molecule has 1 aliphatic heterocycles. The highest BCUT2D eigenvalue weighted by atomic mass is 16.4. The maximum atomic E-state index is 11.8. The average Bonchev–Trinajstić information content (AvgIpc) is 2.47. The fourth-order valence-electron chi connectivity index (χ4n) is 3.05. The summed E-state index contributed by atoms with van der Waals surface area (Å²) >= 11 is 0. The van der Waals surface area contributed by atoms with Gasteiger partial charge in [-0.2, -0.15) is 0 Å². The Morgan fingerprint density at radius 3 is 2.91 bits per heavy atom. The van der Waals surface area contributed by atoms with Gasteiger partial charge < -0.3 is 14.6 Å². The number of likely N-dealkylation sites (tertiary alicyclic amines) is 1. The maximum absolute atomic E-state index is 11.8. The van der Waals surface area contributed by atoms with E-state index in [1.54, 1.807) is 19.1 Å². The predicted octanol–water partition coefficient (Wildman–Crippen LogP) is 2.01. The lowest BCUT2D eigenvalue weighted by Gasteiger charge is -2.34. The summed E-state index contributed by atoms with van der Waals surface area (Å²) in [5.74, 6) is 0.433. The quantitative estimate of drug-likeness (QED) is 0.830. The van der Waals surface area contributed by atoms with E-state index in [9.17, 15) is 15.0 Å². The molecule has 2 N–H and O–H groups in total. The number of hydrogen-bond acceptors (Lipinski definition) is 5. The summed E-state index contributed by atoms with van der Waals surface area (Å²) in [6, 6.07) is 4.90. The van der Waals surface area contributed by atoms with Crippen LogP contribution in [0.3, 0.4) is 0 Å². The number of benzene rings is 1. The lowest BCUT2D eigenvalue weighted by atomic mass is 9.95. The van der Waals surface area contributed by atoms with Crippen molar-refractivity contribution in [1.82, 2.24) is 4.90 Å². The van der Waals surface area contributed by atoms with Crippen LogP contribution in [-0.4, -0.2) is 34.3 Å². The van der Waals surface area contributed by atoms with Crippen molar-refractivity contribution in [3.63, 3.8) is 0 Å². The molecule has 2 heterocycles. The van der Waals surface area contributed by atoms with Gasteiger partial charge in [0.25, 0.3) is 0 Å². The van der Waals surface area contributed by atoms with Crippen LogP contribution < -0.4 is 5.63 Å². The molecule has 2 atom stereocenters. The zero-order valence-electron chi connectivity index (χ0n) is 12.9. The van der Waals surface area contributed by atoms with E-state index in [0.29, 0.717) is 30.2 Å². The van der Waals surface area contributed by atoms with E-state index < -0.39 is 5.63 Å². The largest absolute Gasteiger partial charge is 0.508 e. The zero-order chi connectivity index (χ0) is 15.9. The first kappa shape index (κ1) is 15.1. The molecule has 0 saturated carbocycles. The van der Waals surface area contributed by atoms with Crippen LogP contribution in [-0.2, 0) is 6.54 Å². The minimum Gasteiger partial charge on any atom is -0.508 e. The molecule has 1 aliphatic rings. The Kier molecular flexibility index (Phi) is 3.93. The molecule has 1 aromatic carbocycles. The molecule has 0 radical (unpaired) electrons. The number of phenols is 1. The van der Waals surface area contributed by atoms with E-state index in [-0.39, 0.29) is 11.9 Å². The third-order valence-electron chi connectivity index (χ3n) is 4.61. The van der Waals surface area contributed by atoms with Crippen molar-refractivity contribution in [3.8, 4) is 5.75 Å². The number of aryl methyl sites for hydroxylation is 1. The highest BCUT2D eigenvalue weighted by Gasteiger charge is 2.24. The van der Waals surface area contributed by atoms with Crippen LogP contribution in [0.4, 0.5) is 0 Å². The summed E-state index contributed by atoms with van der Waals surface area (Å²) in [6.45, 7) is 5.89. The molecule has 3 rings (SSSR count). The lowest BCUT2D eigenvalue weighted by Crippen LogP contribution is -2.42. The second-order valence-electron chi connectivity index (χ2n) is 6.25. The Bertz CT molecular complexity index is 752. The number of aromatic hydroxyl groups is 1. The average molecular weight is 303 g/mol. The number of nitrogens with zero attached hydrogens (tertiary/aromatic N) is 1. The smallest absolute Gasteiger partial charge is 0.336 e. The van der Waals surface area contributed by atoms with Gasteiger partial charge >= 0.3 is 5.63 Å². The highest BCUT2D eigenvalue weighted by molar-refractivity contribution is 5.84. The van der Waals surface area contributed by atoms with Crippen LogP contribution in [0.2, 0.25) is 0 Å². The fraction of sp³-hybridized carbons (Fsp3) is 0.471. The van der Waals surface area contributed by atoms with Gasteiger partial charge in [0.1, 0.15) is 11.3 Å². The van der Waals surface area contributed by atoms with E-state index in [1.165, 1.54) is 6.07 Å². The molecule has 0 bridgehead atoms. The van der Waals surface area contributed by atoms with Crippen molar-refractivity contribution in [2.75, 3.05) is 13.1 Å². The number of aliphatic hydroxyl groups excluding tert-OH is 1. The van der Waals surface area contributed by atoms with Gasteiger partial charge in [0.15, 0.2) is 0 Å². The molecular weight excluding hydrogens is 282 g/mol. The minimum atomic E-state index is -0.415. The molecule has 5 nitrogen and oxygen atoms in total. The third kappa shape index (κ3) is 2.74. The second kappa shape index (κ2) is 5.74. The lowest BCUT2D eigenvalue weighted by molar-refractivity contribution is 0.0260. The van der Waals surface area contributed by atoms with Gasteiger partial charge in [-0.15, -0.1) is 0 Å². The Morgan fingerprint density at radius 1 is 1.41 bits per heavy atom. The Morgan fingerprint density at radius 2 is 2.18 bits per heavy atom. The number of hydrogen-bond donors (Lipinski definition) is 2. The number of aliphatic hydroxyl groups is 1. The zero-order valence-corrected chi connectivity index (χ0v) is 12.9. The number of rotatable bonds is 2. The highest BCUT2D eigenvalue weighted by Crippen LogP contribution is 2.28. The van der Waals surface area contributed by atoms with Gasteiger partial charge in [0.05, 0.1) is 6.10 Å². The monoisotopic (exact) mass is 303 g/mol. The van der Waals surface area contributed by atoms with Crippen molar-refractivity contribution >= 4 is 11.0 Å². The molecule has 2 unspecified atom stereocenters. The Labute approximate surface area is 128 Å². The molecule has 1 aromatic heterocycles. The summed E-state index contributed by atoms with van der Waals surface area (Å²) < 4.78 is 5.26. The first-order valence-electron chi connectivity index (χ1n) is 7.61. The summed E-state index contributed by atoms with van der Waals surface area (Å²) in [6.07, 6.45) is 0.617. The Balaban J connectivity index is 1.97. The molecule has 0 aliphatic carbocycles. The van der Waals surface area contributed by atoms with Crippen molar-refractivity contribution in [3.05, 3.63) is 39.7 Å². The molecule has 1 saturated heterocycles. The number of β-amino-alcohol motifs (C(OH)–C–C–N with tert-alkyl or cyclic N) is 1. The van der Waals surface area contributed by atoms with Gasteiger partial charge in [0, 0.05) is 30.1 Å². The van der Waals surface area contributed by atoms with E-state index in [2.05, 4.69) is 11.8 Å². The minimum absolute atomic E-state index is 0.120. The first-order chi connectivity index (χ1) is 10.5. The third-order valence-corrected chi connectivity index (χ3v) is 4.61. The molecular formula is C17H21NO4. The summed E-state index contributed by atoms with van der Waals surface area (Å²) in [5.41, 5.74) is 1.47. The number of piperidine rings is 1. The van der Waals surface area contributed by atoms with Crippen LogP contribution >= 0.6 is 0 Å². The molecule has 5 heteroatoms. The normalized spacial score (nSPS) is 23.0. The molecule has 1 fully saturated rings. The van der Waals surface area contributed by atoms with E-state index in [0.717, 1.165) is 23.9 Å². The van der Waals surface area contributed by atoms with Crippen molar-refractivity contribution < 1.29 is 14.6 Å². The molecule has 22 heavy (non-hydrogen) atoms. The first-order valence-corrected chi connectivity index (χ1v) is 7.61. The summed E-state index contributed by atoms with van der Waals surface area (Å²) in [5, 5.41) is 20.6. The fourth-order valence-corrected chi connectivity index (χ4v) is 3.05. The second-order valence-corrected chi connectivity index (χ2v) is 6.25. The van der Waals surface area contributed by atoms with Crippen molar-refractivity contribution in [2.24, 2.45) is 5.92 Å². The van der Waals surface area contributed by atoms with Gasteiger partial charge in [-0.3, -0.25) is 4.90 Å². The predicted molar refractivity (Wildman–Crippen MR) is 84.0 cm³/mol. The van der Waals surface area contributed by atoms with E-state index >= 15 is 0 Å². The molecule has 2 aromatic rings. The van der Waals surface area contributed by atoms with E-state index in [4.69, 9.17) is 4.42 Å². The van der Waals surface area contributed by atoms with Crippen molar-refractivity contribution in [1.29, 1.82) is 0 Å². The van der Waals surface area contributed by atoms with Crippen LogP contribution in [0.5, 0.6) is 5.75 Å². The van der Waals surface area contributed by atoms with Crippen LogP contribution in [0.15, 0.2) is 27.4 Å². The van der Waals surface area contributed by atoms with Crippen LogP contribution in [0.25, 0.3) is 11.0 Å². The van der Waals surface area contributed by atoms with Gasteiger partial charge in [0.2, 0.25) is 0 Å². The van der Waals surface area contributed by atoms with Crippen molar-refractivity contribution in [2.45, 2.75) is 32.9 Å².